The molecule has 1 aliphatic heterocycles. The number of thiophene rings is 1. The molecule has 2 heterocycles. The van der Waals surface area contributed by atoms with Gasteiger partial charge in [-0.1, -0.05) is 24.3 Å². The lowest BCUT2D eigenvalue weighted by atomic mass is 10.2. The first-order chi connectivity index (χ1) is 13.2. The summed E-state index contributed by atoms with van der Waals surface area (Å²) >= 11 is 1.74. The molecule has 1 aromatic carbocycles. The molecular formula is C21H28N4OS. The van der Waals surface area contributed by atoms with Crippen molar-refractivity contribution in [2.24, 2.45) is 4.99 Å². The monoisotopic (exact) mass is 384 g/mol. The lowest BCUT2D eigenvalue weighted by Gasteiger charge is -2.18. The fourth-order valence-electron chi connectivity index (χ4n) is 3.29. The average Bonchev–Trinajstić information content (AvgIpc) is 3.34. The van der Waals surface area contributed by atoms with Gasteiger partial charge in [-0.2, -0.15) is 0 Å². The maximum Gasteiger partial charge on any atom is 0.227 e. The Balaban J connectivity index is 1.48. The average molecular weight is 385 g/mol. The summed E-state index contributed by atoms with van der Waals surface area (Å²) in [7, 11) is 0. The van der Waals surface area contributed by atoms with Crippen LogP contribution >= 0.6 is 11.3 Å². The third-order valence-corrected chi connectivity index (χ3v) is 5.73. The number of nitrogens with one attached hydrogen (secondary N) is 2. The van der Waals surface area contributed by atoms with E-state index in [1.54, 1.807) is 11.3 Å². The van der Waals surface area contributed by atoms with Gasteiger partial charge in [-0.15, -0.1) is 11.3 Å². The fraction of sp³-hybridized carbons (Fsp3) is 0.429. The van der Waals surface area contributed by atoms with Crippen molar-refractivity contribution in [2.75, 3.05) is 24.5 Å². The number of carbonyl (C=O) groups excluding carboxylic acids is 1. The summed E-state index contributed by atoms with van der Waals surface area (Å²) in [6.45, 7) is 6.43. The molecule has 0 spiro atoms. The first-order valence-electron chi connectivity index (χ1n) is 9.65. The molecule has 0 bridgehead atoms. The van der Waals surface area contributed by atoms with Crippen LogP contribution in [0.5, 0.6) is 0 Å². The van der Waals surface area contributed by atoms with Gasteiger partial charge in [0.15, 0.2) is 5.96 Å². The van der Waals surface area contributed by atoms with Crippen LogP contribution in [0.15, 0.2) is 46.8 Å². The Hall–Kier alpha value is -2.34. The first kappa shape index (κ1) is 19.4. The normalized spacial score (nSPS) is 14.7. The van der Waals surface area contributed by atoms with Gasteiger partial charge < -0.3 is 15.5 Å². The molecular weight excluding hydrogens is 356 g/mol. The molecule has 0 radical (unpaired) electrons. The van der Waals surface area contributed by atoms with Crippen molar-refractivity contribution in [2.45, 2.75) is 39.2 Å². The maximum atomic E-state index is 12.6. The molecule has 0 fully saturated rings. The van der Waals surface area contributed by atoms with Crippen LogP contribution in [0.2, 0.25) is 0 Å². The van der Waals surface area contributed by atoms with E-state index in [2.05, 4.69) is 53.1 Å². The van der Waals surface area contributed by atoms with Gasteiger partial charge in [0.2, 0.25) is 5.91 Å². The smallest absolute Gasteiger partial charge is 0.227 e. The molecule has 1 aromatic heterocycles. The van der Waals surface area contributed by atoms with Gasteiger partial charge in [0.05, 0.1) is 6.04 Å². The number of aliphatic imine (C=N–C) groups is 1. The summed E-state index contributed by atoms with van der Waals surface area (Å²) in [6, 6.07) is 12.6. The molecule has 144 valence electrons. The maximum absolute atomic E-state index is 12.6. The standard InChI is InChI=1S/C21H28N4OS/c1-3-22-21(24-16(2)19-10-7-15-27-19)23-13-6-11-20(26)25-14-12-17-8-4-5-9-18(17)25/h4-5,7-10,15-16H,3,6,11-14H2,1-2H3,(H2,22,23,24). The highest BCUT2D eigenvalue weighted by molar-refractivity contribution is 7.10. The van der Waals surface area contributed by atoms with Crippen molar-refractivity contribution < 1.29 is 4.79 Å². The summed E-state index contributed by atoms with van der Waals surface area (Å²) in [5.41, 5.74) is 2.34. The van der Waals surface area contributed by atoms with Crippen LogP contribution in [0.4, 0.5) is 5.69 Å². The van der Waals surface area contributed by atoms with Gasteiger partial charge in [-0.25, -0.2) is 0 Å². The Morgan fingerprint density at radius 2 is 2.15 bits per heavy atom. The Kier molecular flexibility index (Phi) is 6.87. The Bertz CT molecular complexity index is 772. The van der Waals surface area contributed by atoms with E-state index in [0.717, 1.165) is 37.6 Å². The highest BCUT2D eigenvalue weighted by Crippen LogP contribution is 2.28. The lowest BCUT2D eigenvalue weighted by molar-refractivity contribution is -0.118. The van der Waals surface area contributed by atoms with Crippen LogP contribution in [-0.4, -0.2) is 31.5 Å². The van der Waals surface area contributed by atoms with Gasteiger partial charge >= 0.3 is 0 Å². The predicted molar refractivity (Wildman–Crippen MR) is 114 cm³/mol. The number of nitrogens with zero attached hydrogens (tertiary/aromatic N) is 2. The molecule has 1 amide bonds. The number of carbonyl (C=O) groups is 1. The van der Waals surface area contributed by atoms with E-state index < -0.39 is 0 Å². The van der Waals surface area contributed by atoms with E-state index >= 15 is 0 Å². The van der Waals surface area contributed by atoms with E-state index in [-0.39, 0.29) is 11.9 Å². The van der Waals surface area contributed by atoms with Gasteiger partial charge in [-0.3, -0.25) is 9.79 Å². The molecule has 3 rings (SSSR count). The molecule has 5 nitrogen and oxygen atoms in total. The van der Waals surface area contributed by atoms with Crippen LogP contribution in [0, 0.1) is 0 Å². The Morgan fingerprint density at radius 3 is 2.93 bits per heavy atom. The molecule has 2 N–H and O–H groups in total. The van der Waals surface area contributed by atoms with Crippen molar-refractivity contribution in [3.63, 3.8) is 0 Å². The van der Waals surface area contributed by atoms with E-state index in [9.17, 15) is 4.79 Å². The molecule has 1 aliphatic rings. The van der Waals surface area contributed by atoms with Crippen LogP contribution < -0.4 is 15.5 Å². The van der Waals surface area contributed by atoms with Crippen molar-refractivity contribution in [1.82, 2.24) is 10.6 Å². The van der Waals surface area contributed by atoms with Gasteiger partial charge in [0, 0.05) is 36.6 Å². The molecule has 0 saturated heterocycles. The minimum absolute atomic E-state index is 0.195. The summed E-state index contributed by atoms with van der Waals surface area (Å²) in [6.07, 6.45) is 2.23. The van der Waals surface area contributed by atoms with E-state index in [4.69, 9.17) is 0 Å². The first-order valence-corrected chi connectivity index (χ1v) is 10.5. The third-order valence-electron chi connectivity index (χ3n) is 4.67. The number of para-hydroxylation sites is 1. The summed E-state index contributed by atoms with van der Waals surface area (Å²) in [5, 5.41) is 8.79. The second-order valence-corrected chi connectivity index (χ2v) is 7.65. The summed E-state index contributed by atoms with van der Waals surface area (Å²) < 4.78 is 0. The molecule has 2 aromatic rings. The molecule has 27 heavy (non-hydrogen) atoms. The van der Waals surface area contributed by atoms with Crippen LogP contribution in [-0.2, 0) is 11.2 Å². The summed E-state index contributed by atoms with van der Waals surface area (Å²) in [4.78, 5) is 20.4. The number of rotatable bonds is 7. The van der Waals surface area contributed by atoms with Crippen molar-refractivity contribution >= 4 is 28.9 Å². The minimum Gasteiger partial charge on any atom is -0.357 e. The van der Waals surface area contributed by atoms with E-state index in [1.165, 1.54) is 10.4 Å². The van der Waals surface area contributed by atoms with Gasteiger partial charge in [-0.05, 0) is 49.8 Å². The van der Waals surface area contributed by atoms with Gasteiger partial charge in [0.1, 0.15) is 0 Å². The molecule has 0 aliphatic carbocycles. The largest absolute Gasteiger partial charge is 0.357 e. The number of hydrogen-bond donors (Lipinski definition) is 2. The number of amides is 1. The topological polar surface area (TPSA) is 56.7 Å². The number of benzene rings is 1. The van der Waals surface area contributed by atoms with E-state index in [0.29, 0.717) is 13.0 Å². The number of fused-ring (bicyclic) bond motifs is 1. The number of anilines is 1. The van der Waals surface area contributed by atoms with E-state index in [1.807, 2.05) is 23.1 Å². The summed E-state index contributed by atoms with van der Waals surface area (Å²) in [5.74, 6) is 0.998. The zero-order valence-electron chi connectivity index (χ0n) is 16.1. The molecule has 0 saturated carbocycles. The predicted octanol–water partition coefficient (Wildman–Crippen LogP) is 3.73. The van der Waals surface area contributed by atoms with Crippen LogP contribution in [0.25, 0.3) is 0 Å². The highest BCUT2D eigenvalue weighted by atomic mass is 32.1. The Morgan fingerprint density at radius 1 is 1.30 bits per heavy atom. The number of hydrogen-bond acceptors (Lipinski definition) is 3. The van der Waals surface area contributed by atoms with Crippen molar-refractivity contribution in [3.05, 3.63) is 52.2 Å². The minimum atomic E-state index is 0.195. The zero-order chi connectivity index (χ0) is 19.1. The SMILES string of the molecule is CCNC(=NCCCC(=O)N1CCc2ccccc21)NC(C)c1cccs1. The molecule has 6 heteroatoms. The highest BCUT2D eigenvalue weighted by Gasteiger charge is 2.23. The second-order valence-electron chi connectivity index (χ2n) is 6.67. The fourth-order valence-corrected chi connectivity index (χ4v) is 4.02. The zero-order valence-corrected chi connectivity index (χ0v) is 16.9. The van der Waals surface area contributed by atoms with Crippen LogP contribution in [0.1, 0.15) is 43.2 Å². The third kappa shape index (κ3) is 5.10. The lowest BCUT2D eigenvalue weighted by Crippen LogP contribution is -2.38. The van der Waals surface area contributed by atoms with Gasteiger partial charge in [0.25, 0.3) is 0 Å². The molecule has 1 atom stereocenters. The quantitative estimate of drug-likeness (QED) is 0.434. The number of guanidine groups is 1. The Labute approximate surface area is 165 Å². The van der Waals surface area contributed by atoms with Crippen LogP contribution in [0.3, 0.4) is 0 Å². The van der Waals surface area contributed by atoms with Crippen molar-refractivity contribution in [1.29, 1.82) is 0 Å². The second kappa shape index (κ2) is 9.55. The van der Waals surface area contributed by atoms with Crippen molar-refractivity contribution in [3.8, 4) is 0 Å². The molecule has 1 unspecified atom stereocenters.